The van der Waals surface area contributed by atoms with E-state index in [2.05, 4.69) is 16.7 Å². The van der Waals surface area contributed by atoms with E-state index in [1.807, 2.05) is 6.07 Å². The van der Waals surface area contributed by atoms with Crippen molar-refractivity contribution in [2.75, 3.05) is 4.72 Å². The van der Waals surface area contributed by atoms with Crippen molar-refractivity contribution in [1.29, 1.82) is 0 Å². The van der Waals surface area contributed by atoms with Crippen LogP contribution in [0, 0.1) is 30.5 Å². The van der Waals surface area contributed by atoms with Crippen LogP contribution < -0.4 is 10.3 Å². The summed E-state index contributed by atoms with van der Waals surface area (Å²) in [6, 6.07) is 15.8. The molecule has 0 amide bonds. The average Bonchev–Trinajstić information content (AvgIpc) is 2.72. The van der Waals surface area contributed by atoms with E-state index < -0.39 is 32.5 Å². The molecule has 0 saturated heterocycles. The van der Waals surface area contributed by atoms with Crippen LogP contribution >= 0.6 is 0 Å². The lowest BCUT2D eigenvalue weighted by Crippen LogP contribution is -2.34. The number of pyridine rings is 1. The van der Waals surface area contributed by atoms with Crippen molar-refractivity contribution < 1.29 is 17.2 Å². The van der Waals surface area contributed by atoms with E-state index in [1.165, 1.54) is 18.3 Å². The van der Waals surface area contributed by atoms with Gasteiger partial charge in [-0.15, -0.1) is 0 Å². The molecule has 3 aromatic rings. The average molecular weight is 469 g/mol. The van der Waals surface area contributed by atoms with Gasteiger partial charge in [-0.2, -0.15) is 0 Å². The molecule has 1 aromatic heterocycles. The van der Waals surface area contributed by atoms with Crippen molar-refractivity contribution in [2.45, 2.75) is 37.9 Å². The van der Waals surface area contributed by atoms with Gasteiger partial charge in [-0.1, -0.05) is 36.8 Å². The van der Waals surface area contributed by atoms with Crippen LogP contribution in [-0.4, -0.2) is 18.2 Å². The molecule has 1 aliphatic rings. The predicted molar refractivity (Wildman–Crippen MR) is 124 cm³/mol. The third-order valence-electron chi connectivity index (χ3n) is 5.67. The zero-order valence-electron chi connectivity index (χ0n) is 17.9. The molecule has 1 fully saturated rings. The standard InChI is InChI=1S/C25H22F2N2O3S/c1-17-10-11-19(22(26)14-17)15-21-23(28-33(31,32)20-8-5-9-20)16-29(25(30)24(21)27)13-12-18-6-3-2-4-7-18/h2-4,6-7,10-11,14,16,20,28H,5,8-9,15H2,1H3. The van der Waals surface area contributed by atoms with Crippen LogP contribution in [0.5, 0.6) is 0 Å². The van der Waals surface area contributed by atoms with Gasteiger partial charge in [-0.3, -0.25) is 9.52 Å². The maximum absolute atomic E-state index is 15.3. The van der Waals surface area contributed by atoms with Crippen LogP contribution in [0.1, 0.15) is 41.5 Å². The number of benzene rings is 2. The van der Waals surface area contributed by atoms with Gasteiger partial charge in [0.25, 0.3) is 5.56 Å². The highest BCUT2D eigenvalue weighted by Crippen LogP contribution is 2.30. The van der Waals surface area contributed by atoms with Gasteiger partial charge >= 0.3 is 0 Å². The maximum atomic E-state index is 15.3. The van der Waals surface area contributed by atoms with Crippen molar-refractivity contribution in [3.05, 3.63) is 99.0 Å². The van der Waals surface area contributed by atoms with Crippen molar-refractivity contribution in [3.8, 4) is 12.0 Å². The summed E-state index contributed by atoms with van der Waals surface area (Å²) >= 11 is 0. The molecule has 5 nitrogen and oxygen atoms in total. The predicted octanol–water partition coefficient (Wildman–Crippen LogP) is 4.18. The van der Waals surface area contributed by atoms with Crippen LogP contribution in [0.25, 0.3) is 0 Å². The number of aryl methyl sites for hydroxylation is 1. The fourth-order valence-electron chi connectivity index (χ4n) is 3.51. The highest BCUT2D eigenvalue weighted by Gasteiger charge is 2.32. The molecule has 4 rings (SSSR count). The Kier molecular flexibility index (Phi) is 6.34. The Bertz CT molecular complexity index is 1420. The Morgan fingerprint density at radius 2 is 1.85 bits per heavy atom. The van der Waals surface area contributed by atoms with E-state index in [9.17, 15) is 17.6 Å². The Balaban J connectivity index is 1.81. The molecule has 0 atom stereocenters. The number of halogens is 2. The summed E-state index contributed by atoms with van der Waals surface area (Å²) in [6.45, 7) is 1.72. The third-order valence-corrected chi connectivity index (χ3v) is 7.52. The van der Waals surface area contributed by atoms with Crippen molar-refractivity contribution in [1.82, 2.24) is 4.57 Å². The second-order valence-electron chi connectivity index (χ2n) is 8.08. The van der Waals surface area contributed by atoms with Gasteiger partial charge < -0.3 is 0 Å². The van der Waals surface area contributed by atoms with Gasteiger partial charge in [0, 0.05) is 29.8 Å². The van der Waals surface area contributed by atoms with Gasteiger partial charge in [-0.05, 0) is 55.0 Å². The van der Waals surface area contributed by atoms with Gasteiger partial charge in [0.05, 0.1) is 10.9 Å². The smallest absolute Gasteiger partial charge is 0.281 e. The minimum atomic E-state index is -3.80. The second-order valence-corrected chi connectivity index (χ2v) is 10.0. The first-order valence-electron chi connectivity index (χ1n) is 10.5. The molecule has 0 bridgehead atoms. The number of nitrogens with zero attached hydrogens (tertiary/aromatic N) is 1. The molecular formula is C25H22F2N2O3S. The van der Waals surface area contributed by atoms with E-state index in [4.69, 9.17) is 0 Å². The minimum absolute atomic E-state index is 0.124. The molecule has 33 heavy (non-hydrogen) atoms. The number of anilines is 1. The Morgan fingerprint density at radius 1 is 1.12 bits per heavy atom. The van der Waals surface area contributed by atoms with Gasteiger partial charge in [0.15, 0.2) is 5.82 Å². The molecule has 0 unspecified atom stereocenters. The van der Waals surface area contributed by atoms with Crippen molar-refractivity contribution in [3.63, 3.8) is 0 Å². The van der Waals surface area contributed by atoms with E-state index >= 15 is 4.39 Å². The molecule has 170 valence electrons. The second kappa shape index (κ2) is 9.20. The highest BCUT2D eigenvalue weighted by molar-refractivity contribution is 7.93. The molecule has 1 saturated carbocycles. The summed E-state index contributed by atoms with van der Waals surface area (Å²) in [5.74, 6) is 1.02. The molecule has 2 aromatic carbocycles. The first-order chi connectivity index (χ1) is 15.7. The van der Waals surface area contributed by atoms with Gasteiger partial charge in [0.2, 0.25) is 10.0 Å². The maximum Gasteiger partial charge on any atom is 0.298 e. The van der Waals surface area contributed by atoms with Gasteiger partial charge in [-0.25, -0.2) is 21.8 Å². The summed E-state index contributed by atoms with van der Waals surface area (Å²) in [4.78, 5) is 12.7. The van der Waals surface area contributed by atoms with Crippen LogP contribution in [-0.2, 0) is 16.4 Å². The van der Waals surface area contributed by atoms with Crippen molar-refractivity contribution >= 4 is 15.7 Å². The lowest BCUT2D eigenvalue weighted by molar-refractivity contribution is 0.479. The van der Waals surface area contributed by atoms with E-state index in [-0.39, 0.29) is 23.2 Å². The largest absolute Gasteiger partial charge is 0.298 e. The molecular weight excluding hydrogens is 446 g/mol. The minimum Gasteiger partial charge on any atom is -0.281 e. The summed E-state index contributed by atoms with van der Waals surface area (Å²) in [5, 5.41) is -0.583. The fraction of sp³-hybridized carbons (Fsp3) is 0.240. The van der Waals surface area contributed by atoms with E-state index in [0.29, 0.717) is 24.0 Å². The number of hydrogen-bond acceptors (Lipinski definition) is 3. The van der Waals surface area contributed by atoms with E-state index in [0.717, 1.165) is 11.0 Å². The molecule has 8 heteroatoms. The number of rotatable bonds is 5. The molecule has 1 aliphatic carbocycles. The van der Waals surface area contributed by atoms with Gasteiger partial charge in [0.1, 0.15) is 5.82 Å². The number of nitrogens with one attached hydrogen (secondary N) is 1. The van der Waals surface area contributed by atoms with Crippen molar-refractivity contribution in [2.24, 2.45) is 0 Å². The SMILES string of the molecule is Cc1ccc(Cc2c(NS(=O)(=O)C3CCC3)cn(C#Cc3ccccc3)c(=O)c2F)c(F)c1. The Labute approximate surface area is 191 Å². The number of hydrogen-bond donors (Lipinski definition) is 1. The highest BCUT2D eigenvalue weighted by atomic mass is 32.2. The Hall–Kier alpha value is -3.44. The zero-order chi connectivity index (χ0) is 23.6. The molecule has 1 heterocycles. The molecule has 0 aliphatic heterocycles. The summed E-state index contributed by atoms with van der Waals surface area (Å²) in [5.41, 5.74) is 0.0647. The monoisotopic (exact) mass is 468 g/mol. The molecule has 0 radical (unpaired) electrons. The lowest BCUT2D eigenvalue weighted by atomic mass is 10.0. The van der Waals surface area contributed by atoms with Crippen LogP contribution in [0.4, 0.5) is 14.5 Å². The Morgan fingerprint density at radius 3 is 2.48 bits per heavy atom. The number of aromatic nitrogens is 1. The molecule has 1 N–H and O–H groups in total. The molecule has 0 spiro atoms. The van der Waals surface area contributed by atoms with E-state index in [1.54, 1.807) is 37.3 Å². The topological polar surface area (TPSA) is 68.2 Å². The zero-order valence-corrected chi connectivity index (χ0v) is 18.8. The van der Waals surface area contributed by atoms with Crippen LogP contribution in [0.2, 0.25) is 0 Å². The number of sulfonamides is 1. The first-order valence-corrected chi connectivity index (χ1v) is 12.1. The van der Waals surface area contributed by atoms with Crippen LogP contribution in [0.15, 0.2) is 59.5 Å². The first kappa shape index (κ1) is 22.7. The fourth-order valence-corrected chi connectivity index (χ4v) is 5.12. The normalized spacial score (nSPS) is 13.7. The quantitative estimate of drug-likeness (QED) is 0.572. The third kappa shape index (κ3) is 4.99. The summed E-state index contributed by atoms with van der Waals surface area (Å²) < 4.78 is 58.5. The summed E-state index contributed by atoms with van der Waals surface area (Å²) in [7, 11) is -3.80. The lowest BCUT2D eigenvalue weighted by Gasteiger charge is -2.26. The van der Waals surface area contributed by atoms with Crippen LogP contribution in [0.3, 0.4) is 0 Å². The summed E-state index contributed by atoms with van der Waals surface area (Å²) in [6.07, 6.45) is 2.69.